The van der Waals surface area contributed by atoms with Crippen LogP contribution in [0.3, 0.4) is 0 Å². The van der Waals surface area contributed by atoms with E-state index in [0.29, 0.717) is 22.5 Å². The Kier molecular flexibility index (Phi) is 5.42. The topological polar surface area (TPSA) is 48.2 Å². The minimum Gasteiger partial charge on any atom is -0.288 e. The summed E-state index contributed by atoms with van der Waals surface area (Å²) in [5, 5.41) is 14.1. The molecule has 2 aromatic rings. The largest absolute Gasteiger partial charge is 0.288 e. The lowest BCUT2D eigenvalue weighted by atomic mass is 10.1. The van der Waals surface area contributed by atoms with Gasteiger partial charge in [0.25, 0.3) is 0 Å². The molecule has 0 amide bonds. The van der Waals surface area contributed by atoms with Gasteiger partial charge in [-0.1, -0.05) is 41.9 Å². The Bertz CT molecular complexity index is 908. The van der Waals surface area contributed by atoms with E-state index in [-0.39, 0.29) is 19.0 Å². The quantitative estimate of drug-likeness (QED) is 0.895. The van der Waals surface area contributed by atoms with Crippen molar-refractivity contribution in [2.75, 3.05) is 13.1 Å². The number of amidine groups is 1. The second kappa shape index (κ2) is 7.56. The van der Waals surface area contributed by atoms with Gasteiger partial charge in [-0.05, 0) is 37.0 Å². The van der Waals surface area contributed by atoms with Gasteiger partial charge in [-0.15, -0.1) is 12.4 Å². The zero-order chi connectivity index (χ0) is 16.5. The molecule has 1 aliphatic carbocycles. The number of hydroxylamine groups is 2. The van der Waals surface area contributed by atoms with Crippen LogP contribution in [-0.2, 0) is 0 Å². The molecule has 1 aliphatic heterocycles. The number of benzene rings is 2. The van der Waals surface area contributed by atoms with Gasteiger partial charge in [0.05, 0.1) is 11.1 Å². The second-order valence-corrected chi connectivity index (χ2v) is 6.68. The van der Waals surface area contributed by atoms with Gasteiger partial charge in [-0.25, -0.2) is 10.1 Å². The first-order valence-corrected chi connectivity index (χ1v) is 8.52. The van der Waals surface area contributed by atoms with Crippen LogP contribution >= 0.6 is 24.0 Å². The molecule has 0 spiro atoms. The maximum atomic E-state index is 10.7. The standard InChI is InChI=1S/C19H18ClN3O.ClH/c20-15-8-9-17-16(10-15)19(14-4-2-1-3-5-14)23(24)12-18(22-17)21-11-13-6-7-13;/h1-5,8-10,13,24H,6-7,11-12H2;1H. The van der Waals surface area contributed by atoms with Crippen molar-refractivity contribution in [1.82, 2.24) is 5.06 Å². The van der Waals surface area contributed by atoms with E-state index in [1.807, 2.05) is 48.5 Å². The summed E-state index contributed by atoms with van der Waals surface area (Å²) in [6, 6.07) is 15.3. The molecule has 0 radical (unpaired) electrons. The first-order chi connectivity index (χ1) is 11.7. The molecule has 4 rings (SSSR count). The Labute approximate surface area is 157 Å². The second-order valence-electron chi connectivity index (χ2n) is 6.25. The summed E-state index contributed by atoms with van der Waals surface area (Å²) in [7, 11) is 0. The van der Waals surface area contributed by atoms with Gasteiger partial charge in [0.2, 0.25) is 0 Å². The predicted octanol–water partition coefficient (Wildman–Crippen LogP) is 3.05. The highest BCUT2D eigenvalue weighted by molar-refractivity contribution is 6.30. The summed E-state index contributed by atoms with van der Waals surface area (Å²) in [6.45, 7) is 1.06. The number of hydrogen-bond acceptors (Lipinski definition) is 3. The minimum atomic E-state index is 0. The maximum absolute atomic E-state index is 10.7. The van der Waals surface area contributed by atoms with E-state index < -0.39 is 0 Å². The molecule has 0 saturated heterocycles. The van der Waals surface area contributed by atoms with Crippen LogP contribution < -0.4 is 10.6 Å². The molecule has 2 aliphatic rings. The molecule has 1 heterocycles. The average molecular weight is 376 g/mol. The molecule has 4 nitrogen and oxygen atoms in total. The van der Waals surface area contributed by atoms with Crippen LogP contribution in [0.25, 0.3) is 5.70 Å². The summed E-state index contributed by atoms with van der Waals surface area (Å²) in [5.41, 5.74) is 1.62. The fourth-order valence-electron chi connectivity index (χ4n) is 2.84. The van der Waals surface area contributed by atoms with E-state index in [0.717, 1.165) is 22.7 Å². The molecule has 6 heteroatoms. The summed E-state index contributed by atoms with van der Waals surface area (Å²) in [6.07, 6.45) is 2.49. The van der Waals surface area contributed by atoms with Crippen LogP contribution in [0.1, 0.15) is 18.4 Å². The smallest absolute Gasteiger partial charge is 0.146 e. The minimum absolute atomic E-state index is 0. The summed E-state index contributed by atoms with van der Waals surface area (Å²) in [4.78, 5) is 9.28. The van der Waals surface area contributed by atoms with E-state index in [4.69, 9.17) is 11.6 Å². The maximum Gasteiger partial charge on any atom is 0.146 e. The summed E-state index contributed by atoms with van der Waals surface area (Å²) in [5.74, 6) is 1.34. The molecule has 1 saturated carbocycles. The zero-order valence-electron chi connectivity index (χ0n) is 13.6. The third-order valence-corrected chi connectivity index (χ3v) is 4.52. The third kappa shape index (κ3) is 4.03. The lowest BCUT2D eigenvalue weighted by molar-refractivity contribution is -0.0120. The van der Waals surface area contributed by atoms with Crippen molar-refractivity contribution in [1.29, 1.82) is 0 Å². The van der Waals surface area contributed by atoms with Crippen molar-refractivity contribution in [3.8, 4) is 0 Å². The first-order valence-electron chi connectivity index (χ1n) is 8.14. The molecule has 0 bridgehead atoms. The highest BCUT2D eigenvalue weighted by atomic mass is 35.5. The van der Waals surface area contributed by atoms with Gasteiger partial charge < -0.3 is 0 Å². The van der Waals surface area contributed by atoms with Crippen molar-refractivity contribution >= 4 is 35.5 Å². The lowest BCUT2D eigenvalue weighted by Crippen LogP contribution is -2.31. The van der Waals surface area contributed by atoms with Gasteiger partial charge in [-0.2, -0.15) is 0 Å². The Morgan fingerprint density at radius 2 is 1.92 bits per heavy atom. The van der Waals surface area contributed by atoms with E-state index in [1.165, 1.54) is 17.9 Å². The number of rotatable bonds is 3. The van der Waals surface area contributed by atoms with Gasteiger partial charge in [0, 0.05) is 22.3 Å². The van der Waals surface area contributed by atoms with Crippen LogP contribution in [0.2, 0.25) is 5.02 Å². The number of fused-ring (bicyclic) bond motifs is 1. The highest BCUT2D eigenvalue weighted by Crippen LogP contribution is 2.29. The Balaban J connectivity index is 0.00000182. The third-order valence-electron chi connectivity index (χ3n) is 4.29. The van der Waals surface area contributed by atoms with E-state index in [2.05, 4.69) is 9.98 Å². The summed E-state index contributed by atoms with van der Waals surface area (Å²) >= 11 is 6.19. The highest BCUT2D eigenvalue weighted by Gasteiger charge is 2.22. The van der Waals surface area contributed by atoms with Gasteiger partial charge in [0.1, 0.15) is 12.4 Å². The van der Waals surface area contributed by atoms with Crippen molar-refractivity contribution in [2.24, 2.45) is 15.9 Å². The normalized spacial score (nSPS) is 18.2. The number of halogens is 2. The predicted molar refractivity (Wildman–Crippen MR) is 102 cm³/mol. The van der Waals surface area contributed by atoms with E-state index >= 15 is 0 Å². The van der Waals surface area contributed by atoms with Crippen LogP contribution in [0, 0.1) is 5.92 Å². The van der Waals surface area contributed by atoms with Crippen molar-refractivity contribution in [3.05, 3.63) is 69.7 Å². The number of hydrogen-bond donors (Lipinski definition) is 1. The summed E-state index contributed by atoms with van der Waals surface area (Å²) < 4.78 is 0. The monoisotopic (exact) mass is 375 g/mol. The molecule has 25 heavy (non-hydrogen) atoms. The SMILES string of the molecule is Cl.ON1CC(=NCC2CC2)N=c2ccc(Cl)cc2=C1c1ccccc1. The molecular weight excluding hydrogens is 357 g/mol. The Morgan fingerprint density at radius 3 is 2.64 bits per heavy atom. The Hall–Kier alpha value is -1.88. The van der Waals surface area contributed by atoms with Gasteiger partial charge in [0.15, 0.2) is 0 Å². The van der Waals surface area contributed by atoms with Crippen LogP contribution in [0.5, 0.6) is 0 Å². The molecule has 1 N–H and O–H groups in total. The lowest BCUT2D eigenvalue weighted by Gasteiger charge is -2.19. The van der Waals surface area contributed by atoms with Crippen LogP contribution in [0.4, 0.5) is 0 Å². The van der Waals surface area contributed by atoms with Crippen molar-refractivity contribution < 1.29 is 5.21 Å². The molecule has 2 aromatic carbocycles. The fraction of sp³-hybridized carbons (Fsp3) is 0.263. The molecule has 1 fully saturated rings. The van der Waals surface area contributed by atoms with Crippen molar-refractivity contribution in [2.45, 2.75) is 12.8 Å². The van der Waals surface area contributed by atoms with Crippen LogP contribution in [0.15, 0.2) is 58.5 Å². The molecule has 0 aromatic heterocycles. The first kappa shape index (κ1) is 17.9. The number of aliphatic imine (C=N–C) groups is 1. The number of nitrogens with zero attached hydrogens (tertiary/aromatic N) is 3. The molecule has 130 valence electrons. The van der Waals surface area contributed by atoms with Crippen molar-refractivity contribution in [3.63, 3.8) is 0 Å². The average Bonchev–Trinajstić information content (AvgIpc) is 3.40. The molecule has 0 unspecified atom stereocenters. The molecule has 0 atom stereocenters. The van der Waals surface area contributed by atoms with E-state index in [9.17, 15) is 5.21 Å². The van der Waals surface area contributed by atoms with Crippen LogP contribution in [-0.4, -0.2) is 29.2 Å². The fourth-order valence-corrected chi connectivity index (χ4v) is 3.01. The Morgan fingerprint density at radius 1 is 1.16 bits per heavy atom. The van der Waals surface area contributed by atoms with Gasteiger partial charge in [-0.3, -0.25) is 10.2 Å². The van der Waals surface area contributed by atoms with E-state index in [1.54, 1.807) is 0 Å². The van der Waals surface area contributed by atoms with Gasteiger partial charge >= 0.3 is 0 Å². The zero-order valence-corrected chi connectivity index (χ0v) is 15.2. The molecular formula is C19H19Cl2N3O.